The van der Waals surface area contributed by atoms with E-state index in [1.807, 2.05) is 6.07 Å². The molecule has 0 saturated heterocycles. The van der Waals surface area contributed by atoms with Crippen LogP contribution in [0.2, 0.25) is 0 Å². The van der Waals surface area contributed by atoms with Crippen molar-refractivity contribution in [3.8, 4) is 5.75 Å². The fourth-order valence-electron chi connectivity index (χ4n) is 2.55. The van der Waals surface area contributed by atoms with Crippen molar-refractivity contribution in [3.05, 3.63) is 29.3 Å². The molecule has 0 unspecified atom stereocenters. The van der Waals surface area contributed by atoms with Crippen LogP contribution in [0.5, 0.6) is 5.75 Å². The number of hydrogen-bond donors (Lipinski definition) is 2. The second-order valence-corrected chi connectivity index (χ2v) is 4.91. The lowest BCUT2D eigenvalue weighted by Gasteiger charge is -2.42. The summed E-state index contributed by atoms with van der Waals surface area (Å²) >= 11 is 0. The molecule has 2 N–H and O–H groups in total. The molecule has 1 aliphatic carbocycles. The van der Waals surface area contributed by atoms with Crippen molar-refractivity contribution in [2.75, 3.05) is 13.7 Å². The molecule has 0 aliphatic heterocycles. The van der Waals surface area contributed by atoms with E-state index in [0.29, 0.717) is 18.8 Å². The SMILES string of the molecule is CCc1cc(C2CC(O)(CO)C2)ccc1OC. The fraction of sp³-hybridized carbons (Fsp3) is 0.571. The van der Waals surface area contributed by atoms with Gasteiger partial charge in [-0.3, -0.25) is 0 Å². The summed E-state index contributed by atoms with van der Waals surface area (Å²) in [7, 11) is 1.68. The predicted octanol–water partition coefficient (Wildman–Crippen LogP) is 1.86. The number of rotatable bonds is 4. The van der Waals surface area contributed by atoms with Crippen LogP contribution in [0.3, 0.4) is 0 Å². The van der Waals surface area contributed by atoms with Crippen molar-refractivity contribution in [2.24, 2.45) is 0 Å². The quantitative estimate of drug-likeness (QED) is 0.839. The molecule has 0 atom stereocenters. The van der Waals surface area contributed by atoms with E-state index in [9.17, 15) is 5.11 Å². The Balaban J connectivity index is 2.13. The van der Waals surface area contributed by atoms with Gasteiger partial charge in [0.25, 0.3) is 0 Å². The molecule has 0 bridgehead atoms. The number of hydrogen-bond acceptors (Lipinski definition) is 3. The number of methoxy groups -OCH3 is 1. The Kier molecular flexibility index (Phi) is 3.40. The first-order valence-electron chi connectivity index (χ1n) is 6.12. The van der Waals surface area contributed by atoms with E-state index in [0.717, 1.165) is 12.2 Å². The van der Waals surface area contributed by atoms with Gasteiger partial charge in [-0.1, -0.05) is 19.1 Å². The molecule has 2 rings (SSSR count). The van der Waals surface area contributed by atoms with Gasteiger partial charge in [-0.2, -0.15) is 0 Å². The minimum absolute atomic E-state index is 0.139. The van der Waals surface area contributed by atoms with E-state index in [4.69, 9.17) is 9.84 Å². The topological polar surface area (TPSA) is 49.7 Å². The average Bonchev–Trinajstić information content (AvgIpc) is 2.34. The molecule has 1 aromatic carbocycles. The van der Waals surface area contributed by atoms with E-state index >= 15 is 0 Å². The molecule has 0 aromatic heterocycles. The summed E-state index contributed by atoms with van der Waals surface area (Å²) in [6.45, 7) is 1.97. The third-order valence-corrected chi connectivity index (χ3v) is 3.70. The summed E-state index contributed by atoms with van der Waals surface area (Å²) in [6, 6.07) is 6.20. The lowest BCUT2D eigenvalue weighted by molar-refractivity contribution is -0.0866. The zero-order chi connectivity index (χ0) is 12.5. The molecular formula is C14H20O3. The molecule has 17 heavy (non-hydrogen) atoms. The maximum Gasteiger partial charge on any atom is 0.122 e. The molecule has 1 fully saturated rings. The Labute approximate surface area is 102 Å². The van der Waals surface area contributed by atoms with Crippen molar-refractivity contribution < 1.29 is 14.9 Å². The molecule has 1 saturated carbocycles. The zero-order valence-corrected chi connectivity index (χ0v) is 10.4. The van der Waals surface area contributed by atoms with Crippen LogP contribution < -0.4 is 4.74 Å². The fourth-order valence-corrected chi connectivity index (χ4v) is 2.55. The lowest BCUT2D eigenvalue weighted by Crippen LogP contribution is -2.45. The Bertz CT molecular complexity index is 394. The van der Waals surface area contributed by atoms with E-state index in [2.05, 4.69) is 19.1 Å². The van der Waals surface area contributed by atoms with Crippen molar-refractivity contribution in [1.82, 2.24) is 0 Å². The molecular weight excluding hydrogens is 216 g/mol. The normalized spacial score (nSPS) is 27.6. The maximum absolute atomic E-state index is 9.80. The van der Waals surface area contributed by atoms with Gasteiger partial charge in [-0.05, 0) is 42.4 Å². The number of benzene rings is 1. The molecule has 1 aromatic rings. The van der Waals surface area contributed by atoms with E-state index < -0.39 is 5.60 Å². The average molecular weight is 236 g/mol. The first-order chi connectivity index (χ1) is 8.11. The number of aliphatic hydroxyl groups is 2. The van der Waals surface area contributed by atoms with Crippen LogP contribution in [0.4, 0.5) is 0 Å². The van der Waals surface area contributed by atoms with Gasteiger partial charge in [-0.25, -0.2) is 0 Å². The lowest BCUT2D eigenvalue weighted by atomic mass is 9.68. The van der Waals surface area contributed by atoms with E-state index in [1.165, 1.54) is 11.1 Å². The minimum Gasteiger partial charge on any atom is -0.496 e. The summed E-state index contributed by atoms with van der Waals surface area (Å²) in [6.07, 6.45) is 2.24. The van der Waals surface area contributed by atoms with Gasteiger partial charge in [0.2, 0.25) is 0 Å². The molecule has 3 heteroatoms. The molecule has 0 amide bonds. The van der Waals surface area contributed by atoms with Crippen molar-refractivity contribution in [1.29, 1.82) is 0 Å². The molecule has 0 heterocycles. The van der Waals surface area contributed by atoms with Crippen molar-refractivity contribution in [2.45, 2.75) is 37.7 Å². The van der Waals surface area contributed by atoms with Gasteiger partial charge in [0, 0.05) is 0 Å². The molecule has 3 nitrogen and oxygen atoms in total. The summed E-state index contributed by atoms with van der Waals surface area (Å²) < 4.78 is 5.30. The first-order valence-corrected chi connectivity index (χ1v) is 6.12. The second kappa shape index (κ2) is 4.67. The molecule has 0 spiro atoms. The highest BCUT2D eigenvalue weighted by Gasteiger charge is 2.42. The number of aryl methyl sites for hydroxylation is 1. The van der Waals surface area contributed by atoms with Crippen LogP contribution in [0, 0.1) is 0 Å². The highest BCUT2D eigenvalue weighted by atomic mass is 16.5. The standard InChI is InChI=1S/C14H20O3/c1-3-10-6-11(4-5-13(10)17-2)12-7-14(16,8-12)9-15/h4-6,12,15-16H,3,7-9H2,1-2H3. The zero-order valence-electron chi connectivity index (χ0n) is 10.4. The van der Waals surface area contributed by atoms with Crippen LogP contribution >= 0.6 is 0 Å². The van der Waals surface area contributed by atoms with Crippen LogP contribution in [-0.4, -0.2) is 29.5 Å². The largest absolute Gasteiger partial charge is 0.496 e. The summed E-state index contributed by atoms with van der Waals surface area (Å²) in [5.74, 6) is 1.29. The Morgan fingerprint density at radius 3 is 2.65 bits per heavy atom. The number of ether oxygens (including phenoxy) is 1. The van der Waals surface area contributed by atoms with E-state index in [1.54, 1.807) is 7.11 Å². The molecule has 94 valence electrons. The van der Waals surface area contributed by atoms with Gasteiger partial charge in [0.15, 0.2) is 0 Å². The summed E-state index contributed by atoms with van der Waals surface area (Å²) in [5, 5.41) is 18.8. The monoisotopic (exact) mass is 236 g/mol. The Morgan fingerprint density at radius 1 is 1.41 bits per heavy atom. The van der Waals surface area contributed by atoms with Crippen LogP contribution in [-0.2, 0) is 6.42 Å². The summed E-state index contributed by atoms with van der Waals surface area (Å²) in [5.41, 5.74) is 1.59. The molecule has 0 radical (unpaired) electrons. The Hall–Kier alpha value is -1.06. The van der Waals surface area contributed by atoms with Crippen molar-refractivity contribution in [3.63, 3.8) is 0 Å². The highest BCUT2D eigenvalue weighted by Crippen LogP contribution is 2.45. The van der Waals surface area contributed by atoms with Crippen LogP contribution in [0.1, 0.15) is 36.8 Å². The third-order valence-electron chi connectivity index (χ3n) is 3.70. The smallest absolute Gasteiger partial charge is 0.122 e. The maximum atomic E-state index is 9.80. The van der Waals surface area contributed by atoms with Gasteiger partial charge >= 0.3 is 0 Å². The number of aliphatic hydroxyl groups excluding tert-OH is 1. The first kappa shape index (κ1) is 12.4. The van der Waals surface area contributed by atoms with Crippen LogP contribution in [0.15, 0.2) is 18.2 Å². The summed E-state index contributed by atoms with van der Waals surface area (Å²) in [4.78, 5) is 0. The minimum atomic E-state index is -0.850. The van der Waals surface area contributed by atoms with Gasteiger partial charge in [0.05, 0.1) is 19.3 Å². The van der Waals surface area contributed by atoms with Gasteiger partial charge in [0.1, 0.15) is 5.75 Å². The molecule has 1 aliphatic rings. The third kappa shape index (κ3) is 2.31. The van der Waals surface area contributed by atoms with Gasteiger partial charge in [-0.15, -0.1) is 0 Å². The van der Waals surface area contributed by atoms with Gasteiger partial charge < -0.3 is 14.9 Å². The second-order valence-electron chi connectivity index (χ2n) is 4.91. The Morgan fingerprint density at radius 2 is 2.12 bits per heavy atom. The van der Waals surface area contributed by atoms with Crippen molar-refractivity contribution >= 4 is 0 Å². The van der Waals surface area contributed by atoms with E-state index in [-0.39, 0.29) is 6.61 Å². The van der Waals surface area contributed by atoms with Crippen LogP contribution in [0.25, 0.3) is 0 Å². The predicted molar refractivity (Wildman–Crippen MR) is 66.4 cm³/mol. The highest BCUT2D eigenvalue weighted by molar-refractivity contribution is 5.39.